The fourth-order valence-corrected chi connectivity index (χ4v) is 3.47. The Morgan fingerprint density at radius 2 is 1.86 bits per heavy atom. The van der Waals surface area contributed by atoms with Gasteiger partial charge in [-0.25, -0.2) is 4.98 Å². The van der Waals surface area contributed by atoms with Crippen LogP contribution in [-0.2, 0) is 0 Å². The number of rotatable bonds is 8. The van der Waals surface area contributed by atoms with Crippen LogP contribution in [0.1, 0.15) is 27.2 Å². The second-order valence-corrected chi connectivity index (χ2v) is 6.15. The van der Waals surface area contributed by atoms with Gasteiger partial charge in [-0.1, -0.05) is 13.8 Å². The highest BCUT2D eigenvalue weighted by molar-refractivity contribution is 7.16. The van der Waals surface area contributed by atoms with Crippen molar-refractivity contribution in [2.24, 2.45) is 0 Å². The second-order valence-electron chi connectivity index (χ2n) is 4.92. The number of hydrogen-bond donors (Lipinski definition) is 0. The summed E-state index contributed by atoms with van der Waals surface area (Å²) < 4.78 is 0. The summed E-state index contributed by atoms with van der Waals surface area (Å²) in [5.74, 6) is 0.966. The summed E-state index contributed by atoms with van der Waals surface area (Å²) in [4.78, 5) is 14.5. The number of thiophene rings is 1. The fourth-order valence-electron chi connectivity index (χ4n) is 2.49. The zero-order valence-corrected chi connectivity index (χ0v) is 14.5. The van der Waals surface area contributed by atoms with Crippen molar-refractivity contribution in [3.63, 3.8) is 0 Å². The van der Waals surface area contributed by atoms with Gasteiger partial charge in [0.15, 0.2) is 0 Å². The molecule has 0 bridgehead atoms. The van der Waals surface area contributed by atoms with Crippen molar-refractivity contribution in [1.29, 1.82) is 0 Å². The first-order valence-electron chi connectivity index (χ1n) is 7.57. The molecule has 21 heavy (non-hydrogen) atoms. The number of anilines is 1. The maximum Gasteiger partial charge on any atom is 0.225 e. The van der Waals surface area contributed by atoms with Gasteiger partial charge < -0.3 is 9.80 Å². The third kappa shape index (κ3) is 4.05. The summed E-state index contributed by atoms with van der Waals surface area (Å²) >= 11 is 7.67. The highest BCUT2D eigenvalue weighted by atomic mass is 35.5. The Morgan fingerprint density at radius 3 is 2.52 bits per heavy atom. The predicted octanol–water partition coefficient (Wildman–Crippen LogP) is 3.90. The maximum atomic E-state index is 6.06. The van der Waals surface area contributed by atoms with Gasteiger partial charge in [0.2, 0.25) is 5.28 Å². The smallest absolute Gasteiger partial charge is 0.225 e. The van der Waals surface area contributed by atoms with Gasteiger partial charge in [0, 0.05) is 13.1 Å². The molecule has 2 heterocycles. The molecule has 0 amide bonds. The Labute approximate surface area is 135 Å². The number of nitrogens with zero attached hydrogens (tertiary/aromatic N) is 4. The average molecular weight is 327 g/mol. The summed E-state index contributed by atoms with van der Waals surface area (Å²) in [6.07, 6.45) is 1.13. The van der Waals surface area contributed by atoms with E-state index in [4.69, 9.17) is 11.6 Å². The van der Waals surface area contributed by atoms with Crippen LogP contribution in [0.25, 0.3) is 10.2 Å². The minimum Gasteiger partial charge on any atom is -0.356 e. The number of halogens is 1. The van der Waals surface area contributed by atoms with Crippen LogP contribution in [0.15, 0.2) is 11.4 Å². The minimum atomic E-state index is 0.335. The molecule has 6 heteroatoms. The topological polar surface area (TPSA) is 32.3 Å². The van der Waals surface area contributed by atoms with E-state index in [-0.39, 0.29) is 0 Å². The van der Waals surface area contributed by atoms with E-state index in [0.717, 1.165) is 55.2 Å². The number of hydrogen-bond acceptors (Lipinski definition) is 5. The summed E-state index contributed by atoms with van der Waals surface area (Å²) in [6, 6.07) is 2.08. The van der Waals surface area contributed by atoms with Crippen LogP contribution in [0, 0.1) is 0 Å². The molecule has 0 saturated heterocycles. The molecule has 0 fully saturated rings. The Hall–Kier alpha value is -0.910. The van der Waals surface area contributed by atoms with Crippen LogP contribution in [0.3, 0.4) is 0 Å². The molecule has 2 aromatic rings. The van der Waals surface area contributed by atoms with Crippen molar-refractivity contribution in [3.8, 4) is 0 Å². The highest BCUT2D eigenvalue weighted by Crippen LogP contribution is 2.29. The van der Waals surface area contributed by atoms with E-state index in [1.54, 1.807) is 11.3 Å². The van der Waals surface area contributed by atoms with Gasteiger partial charge in [-0.3, -0.25) is 0 Å². The van der Waals surface area contributed by atoms with Crippen molar-refractivity contribution in [2.75, 3.05) is 37.6 Å². The summed E-state index contributed by atoms with van der Waals surface area (Å²) in [5.41, 5.74) is 0. The van der Waals surface area contributed by atoms with Crippen LogP contribution in [-0.4, -0.2) is 47.6 Å². The van der Waals surface area contributed by atoms with E-state index in [9.17, 15) is 0 Å². The first-order valence-corrected chi connectivity index (χ1v) is 8.83. The van der Waals surface area contributed by atoms with Gasteiger partial charge in [0.25, 0.3) is 0 Å². The fraction of sp³-hybridized carbons (Fsp3) is 0.600. The zero-order valence-electron chi connectivity index (χ0n) is 13.0. The SMILES string of the molecule is CCN(CC)CCCN(CC)c1nc(Cl)nc2sccc12. The molecule has 0 aliphatic carbocycles. The normalized spacial score (nSPS) is 11.5. The molecule has 0 aromatic carbocycles. The molecule has 116 valence electrons. The lowest BCUT2D eigenvalue weighted by atomic mass is 10.3. The zero-order chi connectivity index (χ0) is 15.2. The highest BCUT2D eigenvalue weighted by Gasteiger charge is 2.14. The van der Waals surface area contributed by atoms with E-state index in [0.29, 0.717) is 5.28 Å². The summed E-state index contributed by atoms with van der Waals surface area (Å²) in [5, 5.41) is 3.49. The van der Waals surface area contributed by atoms with Crippen molar-refractivity contribution >= 4 is 39.0 Å². The van der Waals surface area contributed by atoms with Crippen LogP contribution in [0.2, 0.25) is 5.28 Å². The van der Waals surface area contributed by atoms with Crippen LogP contribution in [0.4, 0.5) is 5.82 Å². The maximum absolute atomic E-state index is 6.06. The molecule has 0 atom stereocenters. The second kappa shape index (κ2) is 7.92. The van der Waals surface area contributed by atoms with E-state index >= 15 is 0 Å². The Balaban J connectivity index is 2.10. The van der Waals surface area contributed by atoms with Gasteiger partial charge in [0.1, 0.15) is 10.6 Å². The lowest BCUT2D eigenvalue weighted by Gasteiger charge is -2.25. The molecule has 0 saturated carbocycles. The molecule has 2 aromatic heterocycles. The number of fused-ring (bicyclic) bond motifs is 1. The Bertz CT molecular complexity index is 568. The van der Waals surface area contributed by atoms with Crippen molar-refractivity contribution in [1.82, 2.24) is 14.9 Å². The summed E-state index contributed by atoms with van der Waals surface area (Å²) in [7, 11) is 0. The van der Waals surface area contributed by atoms with E-state index in [2.05, 4.69) is 46.6 Å². The van der Waals surface area contributed by atoms with Gasteiger partial charge in [0.05, 0.1) is 5.39 Å². The molecule has 0 unspecified atom stereocenters. The van der Waals surface area contributed by atoms with Crippen molar-refractivity contribution in [2.45, 2.75) is 27.2 Å². The molecule has 2 rings (SSSR count). The Kier molecular flexibility index (Phi) is 6.21. The molecule has 4 nitrogen and oxygen atoms in total. The Morgan fingerprint density at radius 1 is 1.10 bits per heavy atom. The van der Waals surface area contributed by atoms with E-state index < -0.39 is 0 Å². The first-order chi connectivity index (χ1) is 10.2. The number of aromatic nitrogens is 2. The molecule has 0 aliphatic heterocycles. The summed E-state index contributed by atoms with van der Waals surface area (Å²) in [6.45, 7) is 11.8. The quantitative estimate of drug-likeness (QED) is 0.689. The van der Waals surface area contributed by atoms with E-state index in [1.807, 2.05) is 5.38 Å². The van der Waals surface area contributed by atoms with Gasteiger partial charge in [-0.15, -0.1) is 11.3 Å². The standard InChI is InChI=1S/C15H23ClN4S/c1-4-19(5-2)9-7-10-20(6-3)13-12-8-11-21-14(12)18-15(16)17-13/h8,11H,4-7,9-10H2,1-3H3. The third-order valence-corrected chi connectivity index (χ3v) is 4.73. The molecule has 0 N–H and O–H groups in total. The van der Waals surface area contributed by atoms with Crippen LogP contribution in [0.5, 0.6) is 0 Å². The lowest BCUT2D eigenvalue weighted by Crippen LogP contribution is -2.30. The van der Waals surface area contributed by atoms with Crippen molar-refractivity contribution in [3.05, 3.63) is 16.7 Å². The molecule has 0 aliphatic rings. The van der Waals surface area contributed by atoms with Gasteiger partial charge in [-0.05, 0) is 56.0 Å². The molecular formula is C15H23ClN4S. The van der Waals surface area contributed by atoms with Gasteiger partial charge >= 0.3 is 0 Å². The lowest BCUT2D eigenvalue weighted by molar-refractivity contribution is 0.300. The third-order valence-electron chi connectivity index (χ3n) is 3.76. The average Bonchev–Trinajstić information content (AvgIpc) is 2.95. The minimum absolute atomic E-state index is 0.335. The molecule has 0 radical (unpaired) electrons. The van der Waals surface area contributed by atoms with Crippen LogP contribution < -0.4 is 4.90 Å². The van der Waals surface area contributed by atoms with E-state index in [1.165, 1.54) is 0 Å². The van der Waals surface area contributed by atoms with Gasteiger partial charge in [-0.2, -0.15) is 4.98 Å². The monoisotopic (exact) mass is 326 g/mol. The molecular weight excluding hydrogens is 304 g/mol. The largest absolute Gasteiger partial charge is 0.356 e. The van der Waals surface area contributed by atoms with Crippen LogP contribution >= 0.6 is 22.9 Å². The van der Waals surface area contributed by atoms with Crippen molar-refractivity contribution < 1.29 is 0 Å². The predicted molar refractivity (Wildman–Crippen MR) is 92.7 cm³/mol. The first kappa shape index (κ1) is 16.5. The molecule has 0 spiro atoms.